The van der Waals surface area contributed by atoms with E-state index in [0.717, 1.165) is 31.2 Å². The van der Waals surface area contributed by atoms with Crippen molar-refractivity contribution in [2.75, 3.05) is 11.5 Å². The van der Waals surface area contributed by atoms with Gasteiger partial charge < -0.3 is 5.11 Å². The van der Waals surface area contributed by atoms with E-state index in [2.05, 4.69) is 24.3 Å². The Bertz CT molecular complexity index is 442. The molecule has 1 heterocycles. The second kappa shape index (κ2) is 4.61. The first-order chi connectivity index (χ1) is 8.72. The summed E-state index contributed by atoms with van der Waals surface area (Å²) in [4.78, 5) is 11.6. The maximum Gasteiger partial charge on any atom is 0.314 e. The van der Waals surface area contributed by atoms with Gasteiger partial charge in [-0.2, -0.15) is 11.8 Å². The number of rotatable bonds is 3. The Morgan fingerprint density at radius 3 is 2.22 bits per heavy atom. The molecule has 0 bridgehead atoms. The van der Waals surface area contributed by atoms with Crippen LogP contribution in [0.5, 0.6) is 0 Å². The first-order valence-electron chi connectivity index (χ1n) is 6.64. The molecule has 3 rings (SSSR count). The van der Waals surface area contributed by atoms with Gasteiger partial charge in [0, 0.05) is 17.4 Å². The summed E-state index contributed by atoms with van der Waals surface area (Å²) in [5.74, 6) is 2.47. The molecule has 0 unspecified atom stereocenters. The van der Waals surface area contributed by atoms with E-state index in [9.17, 15) is 9.90 Å². The summed E-state index contributed by atoms with van der Waals surface area (Å²) in [6.45, 7) is 0. The third-order valence-electron chi connectivity index (χ3n) is 4.44. The first kappa shape index (κ1) is 12.1. The van der Waals surface area contributed by atoms with Gasteiger partial charge >= 0.3 is 5.97 Å². The molecule has 2 nitrogen and oxygen atoms in total. The van der Waals surface area contributed by atoms with E-state index in [1.165, 1.54) is 17.1 Å². The number of hydrogen-bond donors (Lipinski definition) is 1. The highest BCUT2D eigenvalue weighted by Gasteiger charge is 2.42. The lowest BCUT2D eigenvalue weighted by Crippen LogP contribution is -2.32. The monoisotopic (exact) mass is 262 g/mol. The Kier molecular flexibility index (Phi) is 3.10. The van der Waals surface area contributed by atoms with E-state index in [1.807, 2.05) is 11.8 Å². The van der Waals surface area contributed by atoms with Gasteiger partial charge in [0.15, 0.2) is 0 Å². The molecular formula is C15H18O2S. The van der Waals surface area contributed by atoms with Crippen molar-refractivity contribution in [2.45, 2.75) is 37.0 Å². The summed E-state index contributed by atoms with van der Waals surface area (Å²) in [6, 6.07) is 8.39. The average molecular weight is 262 g/mol. The SMILES string of the molecule is O=C(O)C1(c2ccc(C3CSC3)cc2)CCCC1. The molecule has 1 aliphatic heterocycles. The van der Waals surface area contributed by atoms with Crippen molar-refractivity contribution in [3.63, 3.8) is 0 Å². The third kappa shape index (κ3) is 1.85. The first-order valence-corrected chi connectivity index (χ1v) is 7.79. The largest absolute Gasteiger partial charge is 0.481 e. The normalized spacial score (nSPS) is 22.7. The molecule has 0 amide bonds. The molecule has 1 saturated heterocycles. The van der Waals surface area contributed by atoms with Crippen molar-refractivity contribution < 1.29 is 9.90 Å². The molecule has 0 atom stereocenters. The fourth-order valence-corrected chi connectivity index (χ4v) is 3.96. The van der Waals surface area contributed by atoms with Gasteiger partial charge in [-0.1, -0.05) is 37.1 Å². The average Bonchev–Trinajstić information content (AvgIpc) is 2.78. The van der Waals surface area contributed by atoms with Crippen LogP contribution in [0.1, 0.15) is 42.7 Å². The predicted molar refractivity (Wildman–Crippen MR) is 74.3 cm³/mol. The van der Waals surface area contributed by atoms with Crippen LogP contribution in [0.15, 0.2) is 24.3 Å². The molecule has 0 aromatic heterocycles. The maximum atomic E-state index is 11.6. The van der Waals surface area contributed by atoms with E-state index in [1.54, 1.807) is 0 Å². The molecule has 2 aliphatic rings. The highest BCUT2D eigenvalue weighted by atomic mass is 32.2. The van der Waals surface area contributed by atoms with Gasteiger partial charge in [0.05, 0.1) is 5.41 Å². The summed E-state index contributed by atoms with van der Waals surface area (Å²) in [6.07, 6.45) is 3.66. The molecule has 1 saturated carbocycles. The summed E-state index contributed by atoms with van der Waals surface area (Å²) in [5, 5.41) is 9.55. The summed E-state index contributed by atoms with van der Waals surface area (Å²) in [7, 11) is 0. The van der Waals surface area contributed by atoms with Gasteiger partial charge in [-0.25, -0.2) is 0 Å². The number of hydrogen-bond acceptors (Lipinski definition) is 2. The summed E-state index contributed by atoms with van der Waals surface area (Å²) < 4.78 is 0. The Labute approximate surface area is 112 Å². The quantitative estimate of drug-likeness (QED) is 0.907. The number of thioether (sulfide) groups is 1. The standard InChI is InChI=1S/C15H18O2S/c16-14(17)15(7-1-2-8-15)13-5-3-11(4-6-13)12-9-18-10-12/h3-6,12H,1-2,7-10H2,(H,16,17). The maximum absolute atomic E-state index is 11.6. The third-order valence-corrected chi connectivity index (χ3v) is 5.72. The predicted octanol–water partition coefficient (Wildman–Crippen LogP) is 3.41. The Hall–Kier alpha value is -0.960. The minimum atomic E-state index is -0.646. The van der Waals surface area contributed by atoms with Crippen molar-refractivity contribution in [2.24, 2.45) is 0 Å². The fraction of sp³-hybridized carbons (Fsp3) is 0.533. The molecule has 96 valence electrons. The highest BCUT2D eigenvalue weighted by Crippen LogP contribution is 2.42. The molecule has 1 aliphatic carbocycles. The van der Waals surface area contributed by atoms with Crippen molar-refractivity contribution in [1.29, 1.82) is 0 Å². The van der Waals surface area contributed by atoms with Gasteiger partial charge in [0.2, 0.25) is 0 Å². The van der Waals surface area contributed by atoms with Crippen molar-refractivity contribution >= 4 is 17.7 Å². The number of carbonyl (C=O) groups is 1. The Balaban J connectivity index is 1.88. The topological polar surface area (TPSA) is 37.3 Å². The molecule has 3 heteroatoms. The lowest BCUT2D eigenvalue weighted by atomic mass is 9.78. The zero-order chi connectivity index (χ0) is 12.6. The van der Waals surface area contributed by atoms with Gasteiger partial charge in [0.1, 0.15) is 0 Å². The molecule has 18 heavy (non-hydrogen) atoms. The van der Waals surface area contributed by atoms with Crippen LogP contribution in [0.4, 0.5) is 0 Å². The fourth-order valence-electron chi connectivity index (χ4n) is 3.11. The van der Waals surface area contributed by atoms with Gasteiger partial charge in [0.25, 0.3) is 0 Å². The molecule has 2 fully saturated rings. The van der Waals surface area contributed by atoms with Crippen molar-refractivity contribution in [3.8, 4) is 0 Å². The summed E-state index contributed by atoms with van der Waals surface area (Å²) >= 11 is 1.98. The highest BCUT2D eigenvalue weighted by molar-refractivity contribution is 8.00. The van der Waals surface area contributed by atoms with Gasteiger partial charge in [-0.3, -0.25) is 4.79 Å². The van der Waals surface area contributed by atoms with Crippen LogP contribution in [0, 0.1) is 0 Å². The zero-order valence-corrected chi connectivity index (χ0v) is 11.2. The molecule has 0 radical (unpaired) electrons. The second-order valence-electron chi connectivity index (χ2n) is 5.45. The van der Waals surface area contributed by atoms with Gasteiger partial charge in [-0.05, 0) is 24.0 Å². The molecular weight excluding hydrogens is 244 g/mol. The smallest absolute Gasteiger partial charge is 0.314 e. The lowest BCUT2D eigenvalue weighted by molar-refractivity contribution is -0.143. The van der Waals surface area contributed by atoms with E-state index in [0.29, 0.717) is 5.92 Å². The van der Waals surface area contributed by atoms with E-state index >= 15 is 0 Å². The van der Waals surface area contributed by atoms with Crippen LogP contribution in [0.25, 0.3) is 0 Å². The number of carboxylic acids is 1. The van der Waals surface area contributed by atoms with Crippen molar-refractivity contribution in [3.05, 3.63) is 35.4 Å². The molecule has 1 aromatic carbocycles. The van der Waals surface area contributed by atoms with Crippen LogP contribution in [-0.2, 0) is 10.2 Å². The zero-order valence-electron chi connectivity index (χ0n) is 10.4. The van der Waals surface area contributed by atoms with E-state index in [-0.39, 0.29) is 0 Å². The van der Waals surface area contributed by atoms with E-state index < -0.39 is 11.4 Å². The van der Waals surface area contributed by atoms with Crippen LogP contribution in [0.2, 0.25) is 0 Å². The summed E-state index contributed by atoms with van der Waals surface area (Å²) in [5.41, 5.74) is 1.77. The minimum Gasteiger partial charge on any atom is -0.481 e. The van der Waals surface area contributed by atoms with Crippen LogP contribution >= 0.6 is 11.8 Å². The molecule has 1 N–H and O–H groups in total. The van der Waals surface area contributed by atoms with Crippen LogP contribution in [0.3, 0.4) is 0 Å². The number of benzene rings is 1. The lowest BCUT2D eigenvalue weighted by Gasteiger charge is -2.28. The second-order valence-corrected chi connectivity index (χ2v) is 6.53. The van der Waals surface area contributed by atoms with Crippen LogP contribution < -0.4 is 0 Å². The van der Waals surface area contributed by atoms with Crippen molar-refractivity contribution in [1.82, 2.24) is 0 Å². The van der Waals surface area contributed by atoms with Crippen LogP contribution in [-0.4, -0.2) is 22.6 Å². The van der Waals surface area contributed by atoms with Gasteiger partial charge in [-0.15, -0.1) is 0 Å². The molecule has 1 aromatic rings. The number of aliphatic carboxylic acids is 1. The van der Waals surface area contributed by atoms with E-state index in [4.69, 9.17) is 0 Å². The number of carboxylic acid groups (broad SMARTS) is 1. The Morgan fingerprint density at radius 2 is 1.78 bits per heavy atom. The Morgan fingerprint density at radius 1 is 1.17 bits per heavy atom. The minimum absolute atomic E-state index is 0.604. The molecule has 0 spiro atoms.